The highest BCUT2D eigenvalue weighted by atomic mass is 16.5. The van der Waals surface area contributed by atoms with Gasteiger partial charge in [-0.2, -0.15) is 0 Å². The fourth-order valence-corrected chi connectivity index (χ4v) is 2.56. The maximum atomic E-state index is 12.7. The number of carboxylic acid groups (broad SMARTS) is 1. The van der Waals surface area contributed by atoms with Crippen molar-refractivity contribution >= 4 is 11.9 Å². The second kappa shape index (κ2) is 6.79. The molecule has 1 aliphatic heterocycles. The Hall–Kier alpha value is -2.08. The fraction of sp³-hybridized carbons (Fsp3) is 0.500. The number of para-hydroxylation sites is 1. The van der Waals surface area contributed by atoms with E-state index in [0.717, 1.165) is 5.56 Å². The van der Waals surface area contributed by atoms with Crippen molar-refractivity contribution in [3.8, 4) is 5.75 Å². The molecule has 0 saturated carbocycles. The average molecular weight is 306 g/mol. The lowest BCUT2D eigenvalue weighted by molar-refractivity contribution is -0.148. The molecule has 1 aromatic rings. The fourth-order valence-electron chi connectivity index (χ4n) is 2.56. The van der Waals surface area contributed by atoms with Crippen molar-refractivity contribution in [1.29, 1.82) is 0 Å². The number of carbonyl (C=O) groups excluding carboxylic acids is 1. The topological polar surface area (TPSA) is 70.1 Å². The van der Waals surface area contributed by atoms with Gasteiger partial charge in [-0.05, 0) is 20.2 Å². The standard InChI is InChI=1S/C16H22N2O4/c1-11-12-6-4-5-7-13(12)22-15(11)16(21)18(10-14(19)20)9-8-17(2)3/h4-7,11,15H,8-10H2,1-3H3,(H,19,20)/t11-,15+/m1/s1. The molecule has 2 rings (SSSR count). The normalized spacial score (nSPS) is 19.6. The Balaban J connectivity index is 2.12. The summed E-state index contributed by atoms with van der Waals surface area (Å²) in [4.78, 5) is 27.0. The van der Waals surface area contributed by atoms with Crippen molar-refractivity contribution in [3.05, 3.63) is 29.8 Å². The van der Waals surface area contributed by atoms with E-state index in [0.29, 0.717) is 18.8 Å². The van der Waals surface area contributed by atoms with Crippen LogP contribution in [0.1, 0.15) is 18.4 Å². The molecule has 2 atom stereocenters. The van der Waals surface area contributed by atoms with E-state index >= 15 is 0 Å². The van der Waals surface area contributed by atoms with Crippen LogP contribution in [0.15, 0.2) is 24.3 Å². The van der Waals surface area contributed by atoms with Gasteiger partial charge in [-0.1, -0.05) is 25.1 Å². The highest BCUT2D eigenvalue weighted by Crippen LogP contribution is 2.38. The molecule has 1 aliphatic rings. The third kappa shape index (κ3) is 3.57. The van der Waals surface area contributed by atoms with Crippen molar-refractivity contribution in [3.63, 3.8) is 0 Å². The molecule has 1 N–H and O–H groups in total. The minimum atomic E-state index is -1.02. The van der Waals surface area contributed by atoms with Gasteiger partial charge in [0.05, 0.1) is 0 Å². The number of aliphatic carboxylic acids is 1. The Bertz CT molecular complexity index is 559. The van der Waals surface area contributed by atoms with Crippen molar-refractivity contribution in [2.45, 2.75) is 18.9 Å². The van der Waals surface area contributed by atoms with Crippen LogP contribution in [0.5, 0.6) is 5.75 Å². The molecule has 1 aromatic carbocycles. The number of hydrogen-bond donors (Lipinski definition) is 1. The Morgan fingerprint density at radius 3 is 2.50 bits per heavy atom. The number of ether oxygens (including phenoxy) is 1. The molecular weight excluding hydrogens is 284 g/mol. The van der Waals surface area contributed by atoms with E-state index in [4.69, 9.17) is 9.84 Å². The van der Waals surface area contributed by atoms with Crippen LogP contribution in [0.3, 0.4) is 0 Å². The van der Waals surface area contributed by atoms with Gasteiger partial charge in [0.1, 0.15) is 12.3 Å². The Kier molecular flexibility index (Phi) is 5.03. The second-order valence-electron chi connectivity index (χ2n) is 5.82. The van der Waals surface area contributed by atoms with Crippen LogP contribution in [-0.2, 0) is 9.59 Å². The van der Waals surface area contributed by atoms with Crippen molar-refractivity contribution in [2.75, 3.05) is 33.7 Å². The molecule has 6 nitrogen and oxygen atoms in total. The number of amides is 1. The molecule has 0 aromatic heterocycles. The predicted octanol–water partition coefficient (Wildman–Crippen LogP) is 1.03. The summed E-state index contributed by atoms with van der Waals surface area (Å²) in [6.45, 7) is 2.59. The van der Waals surface area contributed by atoms with E-state index < -0.39 is 12.1 Å². The lowest BCUT2D eigenvalue weighted by Crippen LogP contribution is -2.47. The Labute approximate surface area is 130 Å². The van der Waals surface area contributed by atoms with Crippen LogP contribution in [0.2, 0.25) is 0 Å². The molecule has 0 bridgehead atoms. The zero-order chi connectivity index (χ0) is 16.3. The summed E-state index contributed by atoms with van der Waals surface area (Å²) >= 11 is 0. The molecule has 0 saturated heterocycles. The highest BCUT2D eigenvalue weighted by molar-refractivity contribution is 5.86. The summed E-state index contributed by atoms with van der Waals surface area (Å²) in [5, 5.41) is 9.03. The molecule has 0 radical (unpaired) electrons. The van der Waals surface area contributed by atoms with E-state index in [1.165, 1.54) is 4.90 Å². The first-order chi connectivity index (χ1) is 10.4. The predicted molar refractivity (Wildman–Crippen MR) is 82.0 cm³/mol. The van der Waals surface area contributed by atoms with Gasteiger partial charge in [-0.25, -0.2) is 0 Å². The smallest absolute Gasteiger partial charge is 0.323 e. The van der Waals surface area contributed by atoms with Gasteiger partial charge in [0.25, 0.3) is 5.91 Å². The Morgan fingerprint density at radius 1 is 1.23 bits per heavy atom. The Morgan fingerprint density at radius 2 is 1.91 bits per heavy atom. The molecule has 1 amide bonds. The van der Waals surface area contributed by atoms with E-state index in [2.05, 4.69) is 0 Å². The zero-order valence-electron chi connectivity index (χ0n) is 13.2. The van der Waals surface area contributed by atoms with Gasteiger partial charge in [-0.15, -0.1) is 0 Å². The SMILES string of the molecule is C[C@@H]1c2ccccc2O[C@@H]1C(=O)N(CCN(C)C)CC(=O)O. The zero-order valence-corrected chi connectivity index (χ0v) is 13.2. The largest absolute Gasteiger partial charge is 0.480 e. The second-order valence-corrected chi connectivity index (χ2v) is 5.82. The van der Waals surface area contributed by atoms with Gasteiger partial charge < -0.3 is 19.6 Å². The van der Waals surface area contributed by atoms with Gasteiger partial charge in [0.2, 0.25) is 0 Å². The average Bonchev–Trinajstić information content (AvgIpc) is 2.80. The molecule has 0 fully saturated rings. The number of fused-ring (bicyclic) bond motifs is 1. The number of likely N-dealkylation sites (N-methyl/N-ethyl adjacent to an activating group) is 1. The van der Waals surface area contributed by atoms with Crippen LogP contribution in [-0.4, -0.2) is 66.6 Å². The number of rotatable bonds is 6. The van der Waals surface area contributed by atoms with E-state index in [1.807, 2.05) is 50.2 Å². The number of hydrogen-bond acceptors (Lipinski definition) is 4. The summed E-state index contributed by atoms with van der Waals surface area (Å²) in [6, 6.07) is 7.54. The lowest BCUT2D eigenvalue weighted by atomic mass is 9.97. The first-order valence-electron chi connectivity index (χ1n) is 7.31. The molecule has 0 spiro atoms. The maximum Gasteiger partial charge on any atom is 0.323 e. The van der Waals surface area contributed by atoms with Crippen LogP contribution < -0.4 is 4.74 Å². The minimum absolute atomic E-state index is 0.0839. The van der Waals surface area contributed by atoms with Gasteiger partial charge in [0, 0.05) is 24.6 Å². The first kappa shape index (κ1) is 16.3. The third-order valence-electron chi connectivity index (χ3n) is 3.82. The summed E-state index contributed by atoms with van der Waals surface area (Å²) in [6.07, 6.45) is -0.654. The molecule has 1 heterocycles. The lowest BCUT2D eigenvalue weighted by Gasteiger charge is -2.26. The number of benzene rings is 1. The molecule has 6 heteroatoms. The van der Waals surface area contributed by atoms with Gasteiger partial charge in [-0.3, -0.25) is 9.59 Å². The molecular formula is C16H22N2O4. The van der Waals surface area contributed by atoms with E-state index in [-0.39, 0.29) is 18.4 Å². The minimum Gasteiger partial charge on any atom is -0.480 e. The van der Waals surface area contributed by atoms with Crippen molar-refractivity contribution in [1.82, 2.24) is 9.80 Å². The number of nitrogens with zero attached hydrogens (tertiary/aromatic N) is 2. The molecule has 22 heavy (non-hydrogen) atoms. The van der Waals surface area contributed by atoms with Crippen LogP contribution in [0, 0.1) is 0 Å². The summed E-state index contributed by atoms with van der Waals surface area (Å²) in [5.74, 6) is -0.668. The number of carbonyl (C=O) groups is 2. The van der Waals surface area contributed by atoms with Crippen LogP contribution in [0.25, 0.3) is 0 Å². The van der Waals surface area contributed by atoms with Crippen LogP contribution >= 0.6 is 0 Å². The van der Waals surface area contributed by atoms with Crippen molar-refractivity contribution < 1.29 is 19.4 Å². The molecule has 0 aliphatic carbocycles. The molecule has 0 unspecified atom stereocenters. The highest BCUT2D eigenvalue weighted by Gasteiger charge is 2.38. The molecule has 120 valence electrons. The number of carboxylic acids is 1. The monoisotopic (exact) mass is 306 g/mol. The van der Waals surface area contributed by atoms with E-state index in [1.54, 1.807) is 0 Å². The maximum absolute atomic E-state index is 12.7. The summed E-state index contributed by atoms with van der Waals surface area (Å²) in [5.41, 5.74) is 0.990. The first-order valence-corrected chi connectivity index (χ1v) is 7.31. The summed E-state index contributed by atoms with van der Waals surface area (Å²) < 4.78 is 5.75. The summed E-state index contributed by atoms with van der Waals surface area (Å²) in [7, 11) is 3.77. The van der Waals surface area contributed by atoms with Gasteiger partial charge in [0.15, 0.2) is 6.10 Å². The van der Waals surface area contributed by atoms with Gasteiger partial charge >= 0.3 is 5.97 Å². The quantitative estimate of drug-likeness (QED) is 0.850. The van der Waals surface area contributed by atoms with Crippen molar-refractivity contribution in [2.24, 2.45) is 0 Å². The third-order valence-corrected chi connectivity index (χ3v) is 3.82. The van der Waals surface area contributed by atoms with Crippen LogP contribution in [0.4, 0.5) is 0 Å². The van der Waals surface area contributed by atoms with E-state index in [9.17, 15) is 9.59 Å².